The second-order valence-corrected chi connectivity index (χ2v) is 6.66. The van der Waals surface area contributed by atoms with Gasteiger partial charge in [0.2, 0.25) is 0 Å². The van der Waals surface area contributed by atoms with Crippen molar-refractivity contribution < 1.29 is 9.53 Å². The molecule has 28 heavy (non-hydrogen) atoms. The van der Waals surface area contributed by atoms with Gasteiger partial charge in [-0.15, -0.1) is 0 Å². The minimum atomic E-state index is -0.362. The predicted molar refractivity (Wildman–Crippen MR) is 111 cm³/mol. The molecule has 0 bridgehead atoms. The summed E-state index contributed by atoms with van der Waals surface area (Å²) < 4.78 is 6.77. The Morgan fingerprint density at radius 3 is 2.57 bits per heavy atom. The Morgan fingerprint density at radius 2 is 1.82 bits per heavy atom. The Labute approximate surface area is 167 Å². The highest BCUT2D eigenvalue weighted by Crippen LogP contribution is 2.30. The molecule has 0 saturated carbocycles. The molecule has 1 N–H and O–H groups in total. The first-order valence-electron chi connectivity index (χ1n) is 8.80. The van der Waals surface area contributed by atoms with Gasteiger partial charge in [-0.2, -0.15) is 0 Å². The fourth-order valence-electron chi connectivity index (χ4n) is 3.07. The smallest absolute Gasteiger partial charge is 0.337 e. The van der Waals surface area contributed by atoms with Gasteiger partial charge >= 0.3 is 5.97 Å². The number of nitrogens with zero attached hydrogens (tertiary/aromatic N) is 2. The van der Waals surface area contributed by atoms with E-state index >= 15 is 0 Å². The lowest BCUT2D eigenvalue weighted by molar-refractivity contribution is 0.0601. The molecule has 4 rings (SSSR count). The normalized spacial score (nSPS) is 10.8. The number of hydrogen-bond donors (Lipinski definition) is 1. The number of ether oxygens (including phenoxy) is 1. The third-order valence-corrected chi connectivity index (χ3v) is 4.88. The van der Waals surface area contributed by atoms with E-state index in [9.17, 15) is 4.79 Å². The standard InChI is InChI=1S/C22H18ClN3O2/c1-28-22(27)16-11-9-15(10-12-16)20-21(26-13-5-4-8-19(26)25-20)24-14-17-6-2-3-7-18(17)23/h2-13,24H,14H2,1H3. The number of imidazole rings is 1. The third-order valence-electron chi connectivity index (χ3n) is 4.51. The quantitative estimate of drug-likeness (QED) is 0.483. The molecule has 4 aromatic rings. The molecule has 0 fully saturated rings. The number of fused-ring (bicyclic) bond motifs is 1. The van der Waals surface area contributed by atoms with E-state index in [1.807, 2.05) is 65.2 Å². The van der Waals surface area contributed by atoms with E-state index in [0.717, 1.165) is 28.3 Å². The zero-order valence-electron chi connectivity index (χ0n) is 15.2. The Morgan fingerprint density at radius 1 is 1.07 bits per heavy atom. The lowest BCUT2D eigenvalue weighted by Gasteiger charge is -2.10. The monoisotopic (exact) mass is 391 g/mol. The maximum atomic E-state index is 11.7. The molecule has 0 saturated heterocycles. The van der Waals surface area contributed by atoms with Crippen LogP contribution in [-0.4, -0.2) is 22.5 Å². The number of aromatic nitrogens is 2. The number of halogens is 1. The Bertz CT molecular complexity index is 1140. The van der Waals surface area contributed by atoms with Crippen molar-refractivity contribution in [2.45, 2.75) is 6.54 Å². The molecule has 140 valence electrons. The van der Waals surface area contributed by atoms with Gasteiger partial charge < -0.3 is 10.1 Å². The van der Waals surface area contributed by atoms with Crippen molar-refractivity contribution in [2.75, 3.05) is 12.4 Å². The van der Waals surface area contributed by atoms with Crippen molar-refractivity contribution >= 4 is 29.0 Å². The van der Waals surface area contributed by atoms with Crippen LogP contribution in [0.1, 0.15) is 15.9 Å². The second kappa shape index (κ2) is 7.74. The van der Waals surface area contributed by atoms with E-state index in [1.54, 1.807) is 12.1 Å². The molecule has 0 aliphatic heterocycles. The van der Waals surface area contributed by atoms with Gasteiger partial charge in [-0.1, -0.05) is 48.0 Å². The topological polar surface area (TPSA) is 55.6 Å². The van der Waals surface area contributed by atoms with Crippen LogP contribution in [0.25, 0.3) is 16.9 Å². The summed E-state index contributed by atoms with van der Waals surface area (Å²) in [7, 11) is 1.37. The number of benzene rings is 2. The number of nitrogens with one attached hydrogen (secondary N) is 1. The summed E-state index contributed by atoms with van der Waals surface area (Å²) in [4.78, 5) is 16.5. The second-order valence-electron chi connectivity index (χ2n) is 6.25. The molecule has 0 aliphatic rings. The van der Waals surface area contributed by atoms with Crippen molar-refractivity contribution in [1.82, 2.24) is 9.38 Å². The Kier molecular flexibility index (Phi) is 5.00. The van der Waals surface area contributed by atoms with E-state index in [-0.39, 0.29) is 5.97 Å². The fraction of sp³-hybridized carbons (Fsp3) is 0.0909. The number of pyridine rings is 1. The van der Waals surface area contributed by atoms with Crippen LogP contribution in [0.3, 0.4) is 0 Å². The predicted octanol–water partition coefficient (Wildman–Crippen LogP) is 5.05. The molecular weight excluding hydrogens is 374 g/mol. The van der Waals surface area contributed by atoms with Crippen LogP contribution in [0.4, 0.5) is 5.82 Å². The van der Waals surface area contributed by atoms with Crippen molar-refractivity contribution in [3.8, 4) is 11.3 Å². The Hall–Kier alpha value is -3.31. The first-order chi connectivity index (χ1) is 13.7. The van der Waals surface area contributed by atoms with Crippen molar-refractivity contribution in [2.24, 2.45) is 0 Å². The van der Waals surface area contributed by atoms with E-state index in [1.165, 1.54) is 7.11 Å². The zero-order valence-corrected chi connectivity index (χ0v) is 16.0. The molecular formula is C22H18ClN3O2. The SMILES string of the molecule is COC(=O)c1ccc(-c2nc3ccccn3c2NCc2ccccc2Cl)cc1. The van der Waals surface area contributed by atoms with Crippen LogP contribution < -0.4 is 5.32 Å². The van der Waals surface area contributed by atoms with E-state index < -0.39 is 0 Å². The summed E-state index contributed by atoms with van der Waals surface area (Å²) in [5.41, 5.74) is 4.03. The summed E-state index contributed by atoms with van der Waals surface area (Å²) in [5, 5.41) is 4.18. The number of anilines is 1. The highest BCUT2D eigenvalue weighted by molar-refractivity contribution is 6.31. The highest BCUT2D eigenvalue weighted by Gasteiger charge is 2.15. The summed E-state index contributed by atoms with van der Waals surface area (Å²) in [5.74, 6) is 0.500. The van der Waals surface area contributed by atoms with Crippen LogP contribution in [0.15, 0.2) is 72.9 Å². The maximum Gasteiger partial charge on any atom is 0.337 e. The molecule has 0 unspecified atom stereocenters. The average Bonchev–Trinajstić information content (AvgIpc) is 3.11. The van der Waals surface area contributed by atoms with Crippen LogP contribution in [0.2, 0.25) is 5.02 Å². The summed E-state index contributed by atoms with van der Waals surface area (Å²) in [6.45, 7) is 0.565. The number of carbonyl (C=O) groups excluding carboxylic acids is 1. The summed E-state index contributed by atoms with van der Waals surface area (Å²) in [6.07, 6.45) is 1.96. The number of rotatable bonds is 5. The van der Waals surface area contributed by atoms with Crippen LogP contribution >= 0.6 is 11.6 Å². The van der Waals surface area contributed by atoms with Gasteiger partial charge in [0, 0.05) is 23.3 Å². The highest BCUT2D eigenvalue weighted by atomic mass is 35.5. The summed E-state index contributed by atoms with van der Waals surface area (Å²) >= 11 is 6.29. The van der Waals surface area contributed by atoms with Gasteiger partial charge in [-0.25, -0.2) is 9.78 Å². The van der Waals surface area contributed by atoms with Crippen molar-refractivity contribution in [3.05, 3.63) is 89.1 Å². The molecule has 0 spiro atoms. The first-order valence-corrected chi connectivity index (χ1v) is 9.18. The van der Waals surface area contributed by atoms with Crippen LogP contribution in [-0.2, 0) is 11.3 Å². The van der Waals surface area contributed by atoms with E-state index in [4.69, 9.17) is 21.3 Å². The first kappa shape index (κ1) is 18.1. The molecule has 0 aliphatic carbocycles. The number of carbonyl (C=O) groups is 1. The van der Waals surface area contributed by atoms with Crippen LogP contribution in [0.5, 0.6) is 0 Å². The third kappa shape index (κ3) is 3.44. The van der Waals surface area contributed by atoms with Gasteiger partial charge in [0.05, 0.1) is 12.7 Å². The molecule has 0 atom stereocenters. The molecule has 0 amide bonds. The lowest BCUT2D eigenvalue weighted by Crippen LogP contribution is -2.04. The Balaban J connectivity index is 1.73. The molecule has 0 radical (unpaired) electrons. The van der Waals surface area contributed by atoms with Crippen molar-refractivity contribution in [1.29, 1.82) is 0 Å². The molecule has 2 heterocycles. The number of methoxy groups -OCH3 is 1. The largest absolute Gasteiger partial charge is 0.465 e. The van der Waals surface area contributed by atoms with Crippen molar-refractivity contribution in [3.63, 3.8) is 0 Å². The molecule has 2 aromatic heterocycles. The number of hydrogen-bond acceptors (Lipinski definition) is 4. The van der Waals surface area contributed by atoms with E-state index in [2.05, 4.69) is 5.32 Å². The molecule has 2 aromatic carbocycles. The van der Waals surface area contributed by atoms with Gasteiger partial charge in [0.15, 0.2) is 0 Å². The van der Waals surface area contributed by atoms with Gasteiger partial charge in [0.25, 0.3) is 0 Å². The zero-order chi connectivity index (χ0) is 19.5. The molecule has 5 nitrogen and oxygen atoms in total. The fourth-order valence-corrected chi connectivity index (χ4v) is 3.27. The van der Waals surface area contributed by atoms with E-state index in [0.29, 0.717) is 17.1 Å². The van der Waals surface area contributed by atoms with Gasteiger partial charge in [-0.05, 0) is 35.9 Å². The number of esters is 1. The summed E-state index contributed by atoms with van der Waals surface area (Å²) in [6, 6.07) is 20.8. The molecule has 6 heteroatoms. The maximum absolute atomic E-state index is 11.7. The minimum Gasteiger partial charge on any atom is -0.465 e. The van der Waals surface area contributed by atoms with Gasteiger partial charge in [-0.3, -0.25) is 4.40 Å². The van der Waals surface area contributed by atoms with Crippen LogP contribution in [0, 0.1) is 0 Å². The average molecular weight is 392 g/mol. The minimum absolute atomic E-state index is 0.362. The van der Waals surface area contributed by atoms with Gasteiger partial charge in [0.1, 0.15) is 17.2 Å². The lowest BCUT2D eigenvalue weighted by atomic mass is 10.1.